The Kier molecular flexibility index (Phi) is 4.84. The Labute approximate surface area is 269 Å². The van der Waals surface area contributed by atoms with Crippen molar-refractivity contribution in [3.63, 3.8) is 0 Å². The highest BCUT2D eigenvalue weighted by Gasteiger charge is 2.22. The third-order valence-corrected chi connectivity index (χ3v) is 10.1. The van der Waals surface area contributed by atoms with E-state index < -0.39 is 0 Å². The van der Waals surface area contributed by atoms with Crippen molar-refractivity contribution in [3.8, 4) is 11.4 Å². The molecule has 0 aliphatic carbocycles. The molecule has 0 saturated carbocycles. The van der Waals surface area contributed by atoms with E-state index in [0.717, 1.165) is 33.3 Å². The molecule has 47 heavy (non-hydrogen) atoms. The van der Waals surface area contributed by atoms with Crippen LogP contribution in [-0.4, -0.2) is 9.13 Å². The summed E-state index contributed by atoms with van der Waals surface area (Å²) in [4.78, 5) is 0. The van der Waals surface area contributed by atoms with Crippen LogP contribution in [0.2, 0.25) is 0 Å². The Bertz CT molecular complexity index is 3080. The fraction of sp³-hybridized carbons (Fsp3) is 0. The van der Waals surface area contributed by atoms with Gasteiger partial charge in [0.2, 0.25) is 0 Å². The van der Waals surface area contributed by atoms with Crippen LogP contribution in [0.4, 0.5) is 0 Å². The summed E-state index contributed by atoms with van der Waals surface area (Å²) in [7, 11) is 0. The lowest BCUT2D eigenvalue weighted by Crippen LogP contribution is -1.95. The number of hydrogen-bond donors (Lipinski definition) is 0. The number of para-hydroxylation sites is 3. The number of rotatable bonds is 2. The molecule has 0 fully saturated rings. The first-order valence-corrected chi connectivity index (χ1v) is 16.1. The Morgan fingerprint density at radius 1 is 0.340 bits per heavy atom. The molecule has 0 aliphatic heterocycles. The van der Waals surface area contributed by atoms with E-state index in [1.54, 1.807) is 0 Å². The van der Waals surface area contributed by atoms with E-state index in [1.807, 2.05) is 6.07 Å². The maximum Gasteiger partial charge on any atom is 0.137 e. The Balaban J connectivity index is 1.26. The minimum absolute atomic E-state index is 0.899. The minimum Gasteiger partial charge on any atom is -0.456 e. The number of nitrogens with zero attached hydrogens (tertiary/aromatic N) is 2. The van der Waals surface area contributed by atoms with E-state index in [4.69, 9.17) is 4.42 Å². The van der Waals surface area contributed by atoms with E-state index in [-0.39, 0.29) is 0 Å². The lowest BCUT2D eigenvalue weighted by atomic mass is 10.0. The molecule has 3 heterocycles. The number of aromatic nitrogens is 2. The summed E-state index contributed by atoms with van der Waals surface area (Å²) in [6, 6.07) is 57.1. The van der Waals surface area contributed by atoms with Gasteiger partial charge in [-0.05, 0) is 76.1 Å². The van der Waals surface area contributed by atoms with Crippen LogP contribution in [0.15, 0.2) is 162 Å². The van der Waals surface area contributed by atoms with Crippen molar-refractivity contribution in [3.05, 3.63) is 158 Å². The van der Waals surface area contributed by atoms with Crippen LogP contribution in [0.5, 0.6) is 0 Å². The van der Waals surface area contributed by atoms with E-state index in [2.05, 4.69) is 161 Å². The largest absolute Gasteiger partial charge is 0.456 e. The molecule has 11 aromatic rings. The standard InChI is InChI=1S/C44H26N2O/c1-2-11-30-27(10-1)20-21-28-26-29(22-23-31(28)30)45-35-15-6-3-12-32(35)43-38(45)24-25-39-44(43)33-13-4-7-16-36(33)46(39)37-17-9-19-41-42(37)34-14-5-8-18-40(34)47-41/h1-26H. The van der Waals surface area contributed by atoms with Crippen LogP contribution in [0.3, 0.4) is 0 Å². The Morgan fingerprint density at radius 3 is 1.74 bits per heavy atom. The third kappa shape index (κ3) is 3.30. The summed E-state index contributed by atoms with van der Waals surface area (Å²) in [5.41, 5.74) is 8.87. The smallest absolute Gasteiger partial charge is 0.137 e. The molecule has 0 saturated heterocycles. The number of fused-ring (bicyclic) bond motifs is 13. The first-order chi connectivity index (χ1) is 23.3. The molecule has 0 unspecified atom stereocenters. The zero-order valence-corrected chi connectivity index (χ0v) is 25.3. The number of benzene rings is 8. The van der Waals surface area contributed by atoms with Gasteiger partial charge in [0.05, 0.1) is 33.1 Å². The zero-order valence-electron chi connectivity index (χ0n) is 25.3. The maximum atomic E-state index is 6.33. The summed E-state index contributed by atoms with van der Waals surface area (Å²) < 4.78 is 11.2. The second-order valence-corrected chi connectivity index (χ2v) is 12.5. The normalized spacial score (nSPS) is 12.3. The third-order valence-electron chi connectivity index (χ3n) is 10.1. The fourth-order valence-electron chi connectivity index (χ4n) is 8.14. The molecular weight excluding hydrogens is 572 g/mol. The summed E-state index contributed by atoms with van der Waals surface area (Å²) in [6.07, 6.45) is 0. The van der Waals surface area contributed by atoms with Gasteiger partial charge in [-0.2, -0.15) is 0 Å². The van der Waals surface area contributed by atoms with Crippen LogP contribution in [0.25, 0.3) is 98.5 Å². The van der Waals surface area contributed by atoms with Crippen molar-refractivity contribution >= 4 is 87.1 Å². The monoisotopic (exact) mass is 598 g/mol. The lowest BCUT2D eigenvalue weighted by Gasteiger charge is -2.11. The van der Waals surface area contributed by atoms with Crippen molar-refractivity contribution in [2.75, 3.05) is 0 Å². The van der Waals surface area contributed by atoms with Gasteiger partial charge >= 0.3 is 0 Å². The van der Waals surface area contributed by atoms with Crippen molar-refractivity contribution in [2.24, 2.45) is 0 Å². The van der Waals surface area contributed by atoms with Gasteiger partial charge in [-0.1, -0.05) is 103 Å². The van der Waals surface area contributed by atoms with Crippen molar-refractivity contribution in [1.29, 1.82) is 0 Å². The van der Waals surface area contributed by atoms with E-state index in [0.29, 0.717) is 0 Å². The molecule has 218 valence electrons. The van der Waals surface area contributed by atoms with Gasteiger partial charge in [0, 0.05) is 32.6 Å². The first kappa shape index (κ1) is 24.9. The predicted molar refractivity (Wildman–Crippen MR) is 197 cm³/mol. The molecule has 0 aliphatic rings. The average Bonchev–Trinajstić information content (AvgIpc) is 3.79. The van der Waals surface area contributed by atoms with Gasteiger partial charge in [0.25, 0.3) is 0 Å². The number of furan rings is 1. The minimum atomic E-state index is 0.899. The average molecular weight is 599 g/mol. The quantitative estimate of drug-likeness (QED) is 0.182. The summed E-state index contributed by atoms with van der Waals surface area (Å²) >= 11 is 0. The second-order valence-electron chi connectivity index (χ2n) is 12.5. The second kappa shape index (κ2) is 9.12. The van der Waals surface area contributed by atoms with Crippen molar-refractivity contribution in [2.45, 2.75) is 0 Å². The molecule has 3 nitrogen and oxygen atoms in total. The summed E-state index contributed by atoms with van der Waals surface area (Å²) in [5.74, 6) is 0. The zero-order chi connectivity index (χ0) is 30.6. The van der Waals surface area contributed by atoms with Gasteiger partial charge in [0.1, 0.15) is 11.2 Å². The SMILES string of the molecule is c1ccc2c(c1)ccc1cc(-n3c4ccccc4c4c5c6ccccc6n(-c6cccc7oc8ccccc8c67)c5ccc43)ccc12. The molecule has 0 bridgehead atoms. The van der Waals surface area contributed by atoms with Crippen LogP contribution in [0, 0.1) is 0 Å². The van der Waals surface area contributed by atoms with Crippen molar-refractivity contribution in [1.82, 2.24) is 9.13 Å². The molecule has 3 aromatic heterocycles. The number of hydrogen-bond acceptors (Lipinski definition) is 1. The Hall–Kier alpha value is -6.32. The summed E-state index contributed by atoms with van der Waals surface area (Å²) in [6.45, 7) is 0. The molecular formula is C44H26N2O. The van der Waals surface area contributed by atoms with E-state index in [1.165, 1.54) is 65.2 Å². The predicted octanol–water partition coefficient (Wildman–Crippen LogP) is 12.1. The molecule has 11 rings (SSSR count). The van der Waals surface area contributed by atoms with Crippen LogP contribution >= 0.6 is 0 Å². The van der Waals surface area contributed by atoms with Crippen molar-refractivity contribution < 1.29 is 4.42 Å². The van der Waals surface area contributed by atoms with Gasteiger partial charge in [-0.15, -0.1) is 0 Å². The molecule has 0 spiro atoms. The van der Waals surface area contributed by atoms with E-state index in [9.17, 15) is 0 Å². The molecule has 0 radical (unpaired) electrons. The first-order valence-electron chi connectivity index (χ1n) is 16.1. The molecule has 0 atom stereocenters. The Morgan fingerprint density at radius 2 is 0.936 bits per heavy atom. The molecule has 0 amide bonds. The van der Waals surface area contributed by atoms with Gasteiger partial charge in [-0.3, -0.25) is 0 Å². The maximum absolute atomic E-state index is 6.33. The van der Waals surface area contributed by atoms with Gasteiger partial charge in [-0.25, -0.2) is 0 Å². The van der Waals surface area contributed by atoms with Crippen LogP contribution in [-0.2, 0) is 0 Å². The van der Waals surface area contributed by atoms with E-state index >= 15 is 0 Å². The topological polar surface area (TPSA) is 23.0 Å². The van der Waals surface area contributed by atoms with Crippen LogP contribution in [0.1, 0.15) is 0 Å². The molecule has 8 aromatic carbocycles. The van der Waals surface area contributed by atoms with Gasteiger partial charge < -0.3 is 13.6 Å². The molecule has 0 N–H and O–H groups in total. The van der Waals surface area contributed by atoms with Crippen LogP contribution < -0.4 is 0 Å². The highest BCUT2D eigenvalue weighted by Crippen LogP contribution is 2.44. The molecule has 3 heteroatoms. The summed E-state index contributed by atoms with van der Waals surface area (Å²) in [5, 5.41) is 12.4. The highest BCUT2D eigenvalue weighted by atomic mass is 16.3. The van der Waals surface area contributed by atoms with Gasteiger partial charge in [0.15, 0.2) is 0 Å². The highest BCUT2D eigenvalue weighted by molar-refractivity contribution is 6.29. The lowest BCUT2D eigenvalue weighted by molar-refractivity contribution is 0.669. The fourth-order valence-corrected chi connectivity index (χ4v) is 8.14.